The topological polar surface area (TPSA) is 3.24 Å². The number of unbranched alkanes of at least 4 members (excludes halogenated alkanes) is 2. The van der Waals surface area contributed by atoms with Crippen molar-refractivity contribution in [1.29, 1.82) is 0 Å². The molecular weight excluding hydrogens is 410 g/mol. The van der Waals surface area contributed by atoms with Crippen LogP contribution in [0.15, 0.2) is 47.6 Å². The average Bonchev–Trinajstić information content (AvgIpc) is 2.82. The third kappa shape index (κ3) is 10.8. The van der Waals surface area contributed by atoms with Gasteiger partial charge in [-0.05, 0) is 120 Å². The van der Waals surface area contributed by atoms with Crippen LogP contribution in [0.1, 0.15) is 115 Å². The van der Waals surface area contributed by atoms with E-state index in [4.69, 9.17) is 0 Å². The van der Waals surface area contributed by atoms with Crippen LogP contribution < -0.4 is 0 Å². The van der Waals surface area contributed by atoms with Gasteiger partial charge < -0.3 is 4.90 Å². The number of likely N-dealkylation sites (tertiary alicyclic amines) is 1. The average molecular weight is 464 g/mol. The molecular formula is C33H53N. The molecule has 0 aromatic heterocycles. The molecule has 0 unspecified atom stereocenters. The first-order valence-corrected chi connectivity index (χ1v) is 14.2. The summed E-state index contributed by atoms with van der Waals surface area (Å²) in [6, 6.07) is 5.04. The quantitative estimate of drug-likeness (QED) is 0.185. The fraction of sp³-hybridized carbons (Fsp3) is 0.636. The summed E-state index contributed by atoms with van der Waals surface area (Å²) < 4.78 is 0. The van der Waals surface area contributed by atoms with Crippen LogP contribution in [0.25, 0.3) is 0 Å². The van der Waals surface area contributed by atoms with Crippen LogP contribution in [0.3, 0.4) is 0 Å². The molecule has 0 saturated carbocycles. The van der Waals surface area contributed by atoms with Gasteiger partial charge >= 0.3 is 0 Å². The second kappa shape index (κ2) is 16.1. The third-order valence-corrected chi connectivity index (χ3v) is 7.36. The van der Waals surface area contributed by atoms with Crippen molar-refractivity contribution in [3.63, 3.8) is 0 Å². The lowest BCUT2D eigenvalue weighted by Crippen LogP contribution is -2.30. The number of aryl methyl sites for hydroxylation is 2. The van der Waals surface area contributed by atoms with Crippen molar-refractivity contribution >= 4 is 0 Å². The molecule has 0 aliphatic carbocycles. The summed E-state index contributed by atoms with van der Waals surface area (Å²) in [5.41, 5.74) is 10.6. The van der Waals surface area contributed by atoms with Crippen molar-refractivity contribution in [2.24, 2.45) is 0 Å². The predicted molar refractivity (Wildman–Crippen MR) is 153 cm³/mol. The van der Waals surface area contributed by atoms with Gasteiger partial charge in [-0.3, -0.25) is 0 Å². The van der Waals surface area contributed by atoms with Crippen molar-refractivity contribution < 1.29 is 0 Å². The molecule has 0 atom stereocenters. The van der Waals surface area contributed by atoms with Crippen molar-refractivity contribution in [2.45, 2.75) is 118 Å². The smallest absolute Gasteiger partial charge is 0.00186 e. The number of piperidine rings is 1. The molecule has 1 saturated heterocycles. The number of nitrogens with zero attached hydrogens (tertiary/aromatic N) is 1. The highest BCUT2D eigenvalue weighted by atomic mass is 15.1. The molecule has 1 aliphatic heterocycles. The van der Waals surface area contributed by atoms with Crippen LogP contribution in [-0.2, 0) is 25.7 Å². The highest BCUT2D eigenvalue weighted by Gasteiger charge is 2.13. The summed E-state index contributed by atoms with van der Waals surface area (Å²) in [6.45, 7) is 19.6. The van der Waals surface area contributed by atoms with Gasteiger partial charge in [-0.25, -0.2) is 0 Å². The minimum absolute atomic E-state index is 1.04. The summed E-state index contributed by atoms with van der Waals surface area (Å²) >= 11 is 0. The Labute approximate surface area is 212 Å². The van der Waals surface area contributed by atoms with Gasteiger partial charge in [0, 0.05) is 6.54 Å². The molecule has 1 aromatic rings. The lowest BCUT2D eigenvalue weighted by molar-refractivity contribution is 0.231. The Kier molecular flexibility index (Phi) is 13.6. The van der Waals surface area contributed by atoms with Gasteiger partial charge in [0.05, 0.1) is 0 Å². The van der Waals surface area contributed by atoms with Crippen LogP contribution in [-0.4, -0.2) is 24.5 Å². The molecule has 0 amide bonds. The standard InChI is InChI=1S/C33H53N/c1-7-9-11-17-30-25-31(8-2)33(19-18-28(5)16-14-15-27(3)4)32(26-30)24-29(6)20-23-34-21-12-10-13-22-34/h15,18,25-26H,6-14,16-17,19-24H2,1-5H3/b28-18+. The van der Waals surface area contributed by atoms with Crippen molar-refractivity contribution in [3.05, 3.63) is 69.8 Å². The minimum Gasteiger partial charge on any atom is -0.303 e. The molecule has 1 fully saturated rings. The van der Waals surface area contributed by atoms with E-state index in [1.807, 2.05) is 0 Å². The number of rotatable bonds is 15. The summed E-state index contributed by atoms with van der Waals surface area (Å²) in [5, 5.41) is 0. The van der Waals surface area contributed by atoms with Crippen molar-refractivity contribution in [1.82, 2.24) is 4.90 Å². The SMILES string of the molecule is C=C(CCN1CCCCC1)Cc1cc(CCCCC)cc(CC)c1C/C=C(\C)CCC=C(C)C. The highest BCUT2D eigenvalue weighted by Crippen LogP contribution is 2.25. The van der Waals surface area contributed by atoms with Gasteiger partial charge in [0.2, 0.25) is 0 Å². The van der Waals surface area contributed by atoms with Gasteiger partial charge in [0.25, 0.3) is 0 Å². The van der Waals surface area contributed by atoms with Gasteiger partial charge in [-0.15, -0.1) is 0 Å². The van der Waals surface area contributed by atoms with E-state index >= 15 is 0 Å². The van der Waals surface area contributed by atoms with Crippen LogP contribution in [0.4, 0.5) is 0 Å². The van der Waals surface area contributed by atoms with Crippen LogP contribution in [0.2, 0.25) is 0 Å². The van der Waals surface area contributed by atoms with E-state index in [1.54, 1.807) is 16.7 Å². The van der Waals surface area contributed by atoms with E-state index in [-0.39, 0.29) is 0 Å². The summed E-state index contributed by atoms with van der Waals surface area (Å²) in [5.74, 6) is 0. The predicted octanol–water partition coefficient (Wildman–Crippen LogP) is 9.19. The Bertz CT molecular complexity index is 800. The Balaban J connectivity index is 2.16. The molecule has 2 rings (SSSR count). The van der Waals surface area contributed by atoms with Gasteiger partial charge in [0.1, 0.15) is 0 Å². The molecule has 0 spiro atoms. The van der Waals surface area contributed by atoms with Gasteiger partial charge in [0.15, 0.2) is 0 Å². The van der Waals surface area contributed by atoms with Crippen molar-refractivity contribution in [3.8, 4) is 0 Å². The second-order valence-electron chi connectivity index (χ2n) is 10.9. The molecule has 0 bridgehead atoms. The first-order valence-electron chi connectivity index (χ1n) is 14.2. The maximum Gasteiger partial charge on any atom is 0.00186 e. The normalized spacial score (nSPS) is 14.9. The number of allylic oxidation sites excluding steroid dienone is 4. The maximum atomic E-state index is 4.54. The van der Waals surface area contributed by atoms with E-state index < -0.39 is 0 Å². The molecule has 1 nitrogen and oxygen atoms in total. The maximum absolute atomic E-state index is 4.54. The summed E-state index contributed by atoms with van der Waals surface area (Å²) in [7, 11) is 0. The van der Waals surface area contributed by atoms with E-state index in [0.29, 0.717) is 0 Å². The van der Waals surface area contributed by atoms with Crippen LogP contribution in [0.5, 0.6) is 0 Å². The zero-order valence-electron chi connectivity index (χ0n) is 23.3. The first kappa shape index (κ1) is 28.6. The molecule has 0 radical (unpaired) electrons. The monoisotopic (exact) mass is 463 g/mol. The van der Waals surface area contributed by atoms with Crippen molar-refractivity contribution in [2.75, 3.05) is 19.6 Å². The Morgan fingerprint density at radius 1 is 0.941 bits per heavy atom. The molecule has 1 heteroatoms. The summed E-state index contributed by atoms with van der Waals surface area (Å²) in [4.78, 5) is 2.65. The molecule has 34 heavy (non-hydrogen) atoms. The third-order valence-electron chi connectivity index (χ3n) is 7.36. The van der Waals surface area contributed by atoms with Gasteiger partial charge in [-0.2, -0.15) is 0 Å². The minimum atomic E-state index is 1.04. The highest BCUT2D eigenvalue weighted by molar-refractivity contribution is 5.43. The van der Waals surface area contributed by atoms with E-state index in [9.17, 15) is 0 Å². The number of hydrogen-bond acceptors (Lipinski definition) is 1. The van der Waals surface area contributed by atoms with E-state index in [1.165, 1.54) is 93.3 Å². The molecule has 1 aliphatic rings. The lowest BCUT2D eigenvalue weighted by Gasteiger charge is -2.26. The number of hydrogen-bond donors (Lipinski definition) is 0. The van der Waals surface area contributed by atoms with E-state index in [0.717, 1.165) is 32.1 Å². The zero-order valence-corrected chi connectivity index (χ0v) is 23.3. The van der Waals surface area contributed by atoms with Gasteiger partial charge in [-0.1, -0.05) is 80.7 Å². The van der Waals surface area contributed by atoms with Crippen LogP contribution >= 0.6 is 0 Å². The summed E-state index contributed by atoms with van der Waals surface area (Å²) in [6.07, 6.45) is 20.8. The zero-order chi connectivity index (χ0) is 24.8. The lowest BCUT2D eigenvalue weighted by atomic mass is 9.88. The Morgan fingerprint density at radius 2 is 1.68 bits per heavy atom. The molecule has 190 valence electrons. The Hall–Kier alpha value is -1.60. The fourth-order valence-electron chi connectivity index (χ4n) is 5.15. The number of benzene rings is 1. The molecule has 0 N–H and O–H groups in total. The van der Waals surface area contributed by atoms with Crippen LogP contribution in [0, 0.1) is 0 Å². The molecule has 1 aromatic carbocycles. The first-order chi connectivity index (χ1) is 16.4. The van der Waals surface area contributed by atoms with E-state index in [2.05, 4.69) is 70.4 Å². The Morgan fingerprint density at radius 3 is 2.35 bits per heavy atom. The second-order valence-corrected chi connectivity index (χ2v) is 10.9. The largest absolute Gasteiger partial charge is 0.303 e. The fourth-order valence-corrected chi connectivity index (χ4v) is 5.15. The molecule has 1 heterocycles.